The summed E-state index contributed by atoms with van der Waals surface area (Å²) in [5.41, 5.74) is 4.56. The molecule has 0 unspecified atom stereocenters. The average Bonchev–Trinajstić information content (AvgIpc) is 3.23. The molecule has 0 radical (unpaired) electrons. The number of likely N-dealkylation sites (N-methyl/N-ethyl adjacent to an activating group) is 1. The minimum Gasteiger partial charge on any atom is -0.354 e. The van der Waals surface area contributed by atoms with Crippen molar-refractivity contribution in [3.63, 3.8) is 0 Å². The highest BCUT2D eigenvalue weighted by molar-refractivity contribution is 5.92. The predicted molar refractivity (Wildman–Crippen MR) is 130 cm³/mol. The van der Waals surface area contributed by atoms with Crippen LogP contribution in [0.4, 0.5) is 11.6 Å². The van der Waals surface area contributed by atoms with Gasteiger partial charge in [-0.05, 0) is 75.4 Å². The molecular weight excluding hydrogens is 400 g/mol. The van der Waals surface area contributed by atoms with Crippen molar-refractivity contribution in [3.05, 3.63) is 53.4 Å². The van der Waals surface area contributed by atoms with E-state index < -0.39 is 0 Å². The molecule has 1 amide bonds. The minimum absolute atomic E-state index is 0. The van der Waals surface area contributed by atoms with Gasteiger partial charge in [0.1, 0.15) is 11.6 Å². The van der Waals surface area contributed by atoms with Crippen LogP contribution in [0.1, 0.15) is 31.1 Å². The van der Waals surface area contributed by atoms with E-state index in [4.69, 9.17) is 4.98 Å². The van der Waals surface area contributed by atoms with E-state index >= 15 is 0 Å². The number of fused-ring (bicyclic) bond motifs is 1. The molecule has 0 saturated carbocycles. The standard InChI is InChI=1S/C25H32N6O.H2/c1-29-11-8-18(9-12-29)25(32)28-23-6-4-21-20(3-5-22(21)27-23)19-7-10-26-24(17-19)31-15-13-30(2)14-16-31;/h3-4,6-7,10,17-18H,5,8-9,11-16H2,1-2H3,(H,27,28,32);1H. The first-order valence-corrected chi connectivity index (χ1v) is 11.7. The summed E-state index contributed by atoms with van der Waals surface area (Å²) in [6, 6.07) is 8.31. The molecule has 1 N–H and O–H groups in total. The molecule has 4 heterocycles. The van der Waals surface area contributed by atoms with Crippen molar-refractivity contribution in [3.8, 4) is 0 Å². The van der Waals surface area contributed by atoms with Crippen LogP contribution in [-0.2, 0) is 11.2 Å². The Kier molecular flexibility index (Phi) is 5.93. The van der Waals surface area contributed by atoms with Crippen LogP contribution in [0.2, 0.25) is 0 Å². The van der Waals surface area contributed by atoms with Crippen LogP contribution in [0.15, 0.2) is 36.5 Å². The van der Waals surface area contributed by atoms with Crippen LogP contribution < -0.4 is 10.2 Å². The number of rotatable bonds is 4. The number of amides is 1. The highest BCUT2D eigenvalue weighted by Gasteiger charge is 2.25. The largest absolute Gasteiger partial charge is 0.354 e. The fourth-order valence-corrected chi connectivity index (χ4v) is 4.85. The Morgan fingerprint density at radius 3 is 2.56 bits per heavy atom. The van der Waals surface area contributed by atoms with Crippen molar-refractivity contribution < 1.29 is 6.22 Å². The van der Waals surface area contributed by atoms with Gasteiger partial charge in [0.05, 0.1) is 5.69 Å². The lowest BCUT2D eigenvalue weighted by Gasteiger charge is -2.33. The number of carbonyl (C=O) groups excluding carboxylic acids is 1. The molecule has 0 spiro atoms. The number of hydrogen-bond acceptors (Lipinski definition) is 6. The Morgan fingerprint density at radius 1 is 1.03 bits per heavy atom. The second kappa shape index (κ2) is 9.00. The summed E-state index contributed by atoms with van der Waals surface area (Å²) in [6.07, 6.45) is 6.76. The summed E-state index contributed by atoms with van der Waals surface area (Å²) in [4.78, 5) is 29.1. The molecule has 1 aliphatic carbocycles. The van der Waals surface area contributed by atoms with Gasteiger partial charge in [0, 0.05) is 51.7 Å². The van der Waals surface area contributed by atoms with Crippen molar-refractivity contribution in [1.82, 2.24) is 19.8 Å². The Hall–Kier alpha value is -2.77. The Labute approximate surface area is 191 Å². The summed E-state index contributed by atoms with van der Waals surface area (Å²) < 4.78 is 0. The summed E-state index contributed by atoms with van der Waals surface area (Å²) in [6.45, 7) is 6.09. The van der Waals surface area contributed by atoms with E-state index in [2.05, 4.69) is 63.4 Å². The first kappa shape index (κ1) is 21.1. The van der Waals surface area contributed by atoms with Crippen molar-refractivity contribution in [2.24, 2.45) is 5.92 Å². The normalized spacial score (nSPS) is 20.2. The van der Waals surface area contributed by atoms with Gasteiger partial charge in [-0.15, -0.1) is 0 Å². The maximum Gasteiger partial charge on any atom is 0.228 e. The molecule has 7 nitrogen and oxygen atoms in total. The second-order valence-corrected chi connectivity index (χ2v) is 9.27. The number of nitrogens with zero attached hydrogens (tertiary/aromatic N) is 5. The summed E-state index contributed by atoms with van der Waals surface area (Å²) in [7, 11) is 4.27. The van der Waals surface area contributed by atoms with Gasteiger partial charge < -0.3 is 20.0 Å². The molecule has 3 aliphatic rings. The summed E-state index contributed by atoms with van der Waals surface area (Å²) in [5.74, 6) is 1.89. The molecule has 0 aromatic carbocycles. The Morgan fingerprint density at radius 2 is 1.78 bits per heavy atom. The highest BCUT2D eigenvalue weighted by atomic mass is 16.1. The van der Waals surface area contributed by atoms with Gasteiger partial charge in [0.15, 0.2) is 0 Å². The zero-order valence-electron chi connectivity index (χ0n) is 19.0. The van der Waals surface area contributed by atoms with Gasteiger partial charge >= 0.3 is 0 Å². The van der Waals surface area contributed by atoms with Crippen molar-refractivity contribution in [1.29, 1.82) is 0 Å². The van der Waals surface area contributed by atoms with Crippen LogP contribution in [0.3, 0.4) is 0 Å². The lowest BCUT2D eigenvalue weighted by molar-refractivity contribution is -0.121. The molecule has 7 heteroatoms. The van der Waals surface area contributed by atoms with Crippen LogP contribution in [0, 0.1) is 5.92 Å². The number of pyridine rings is 2. The first-order chi connectivity index (χ1) is 15.6. The highest BCUT2D eigenvalue weighted by Crippen LogP contribution is 2.34. The van der Waals surface area contributed by atoms with E-state index in [1.165, 1.54) is 11.1 Å². The molecule has 2 fully saturated rings. The van der Waals surface area contributed by atoms with Crippen LogP contribution >= 0.6 is 0 Å². The molecular formula is C25H34N6O. The van der Waals surface area contributed by atoms with Crippen LogP contribution in [-0.4, -0.2) is 79.0 Å². The topological polar surface area (TPSA) is 64.6 Å². The molecule has 0 bridgehead atoms. The van der Waals surface area contributed by atoms with Crippen molar-refractivity contribution in [2.45, 2.75) is 19.3 Å². The third kappa shape index (κ3) is 4.40. The van der Waals surface area contributed by atoms with Gasteiger partial charge in [-0.1, -0.05) is 6.08 Å². The third-order valence-electron chi connectivity index (χ3n) is 6.99. The van der Waals surface area contributed by atoms with Gasteiger partial charge in [-0.2, -0.15) is 0 Å². The average molecular weight is 435 g/mol. The quantitative estimate of drug-likeness (QED) is 0.798. The number of carbonyl (C=O) groups is 1. The molecule has 170 valence electrons. The van der Waals surface area contributed by atoms with Crippen LogP contribution in [0.5, 0.6) is 0 Å². The third-order valence-corrected chi connectivity index (χ3v) is 6.99. The van der Waals surface area contributed by atoms with Crippen LogP contribution in [0.25, 0.3) is 5.57 Å². The maximum absolute atomic E-state index is 12.7. The summed E-state index contributed by atoms with van der Waals surface area (Å²) >= 11 is 0. The van der Waals surface area contributed by atoms with Gasteiger partial charge in [-0.25, -0.2) is 9.97 Å². The number of aromatic nitrogens is 2. The number of nitrogens with one attached hydrogen (secondary N) is 1. The molecule has 2 saturated heterocycles. The number of likely N-dealkylation sites (tertiary alicyclic amines) is 1. The van der Waals surface area contributed by atoms with E-state index in [1.54, 1.807) is 0 Å². The predicted octanol–water partition coefficient (Wildman–Crippen LogP) is 2.74. The van der Waals surface area contributed by atoms with Crippen molar-refractivity contribution in [2.75, 3.05) is 63.6 Å². The smallest absolute Gasteiger partial charge is 0.228 e. The van der Waals surface area contributed by atoms with Gasteiger partial charge in [-0.3, -0.25) is 4.79 Å². The molecule has 2 aromatic heterocycles. The maximum atomic E-state index is 12.7. The zero-order valence-corrected chi connectivity index (χ0v) is 19.0. The fourth-order valence-electron chi connectivity index (χ4n) is 4.85. The van der Waals surface area contributed by atoms with Gasteiger partial charge in [0.2, 0.25) is 5.91 Å². The minimum atomic E-state index is 0. The first-order valence-electron chi connectivity index (χ1n) is 11.7. The molecule has 0 atom stereocenters. The number of hydrogen-bond donors (Lipinski definition) is 1. The van der Waals surface area contributed by atoms with Gasteiger partial charge in [0.25, 0.3) is 0 Å². The van der Waals surface area contributed by atoms with Crippen molar-refractivity contribution >= 4 is 23.1 Å². The Bertz CT molecular complexity index is 1030. The van der Waals surface area contributed by atoms with E-state index in [0.717, 1.165) is 75.6 Å². The Balaban J connectivity index is 0.00000259. The fraction of sp³-hybridized carbons (Fsp3) is 0.480. The number of piperazine rings is 1. The lowest BCUT2D eigenvalue weighted by Crippen LogP contribution is -2.44. The lowest BCUT2D eigenvalue weighted by atomic mass is 9.96. The van der Waals surface area contributed by atoms with E-state index in [1.807, 2.05) is 12.3 Å². The number of anilines is 2. The van der Waals surface area contributed by atoms with E-state index in [0.29, 0.717) is 5.82 Å². The monoisotopic (exact) mass is 434 g/mol. The zero-order chi connectivity index (χ0) is 22.1. The number of piperidine rings is 1. The molecule has 5 rings (SSSR count). The van der Waals surface area contributed by atoms with E-state index in [-0.39, 0.29) is 13.3 Å². The second-order valence-electron chi connectivity index (χ2n) is 9.27. The molecule has 2 aromatic rings. The molecule has 32 heavy (non-hydrogen) atoms. The SMILES string of the molecule is CN1CCC(C(=O)Nc2ccc3c(n2)CC=C3c2ccnc(N3CCN(C)CC3)c2)CC1.[HH]. The number of allylic oxidation sites excluding steroid dienone is 1. The van der Waals surface area contributed by atoms with E-state index in [9.17, 15) is 4.79 Å². The molecule has 2 aliphatic heterocycles. The summed E-state index contributed by atoms with van der Waals surface area (Å²) in [5, 5.41) is 3.05.